The van der Waals surface area contributed by atoms with Gasteiger partial charge in [-0.05, 0) is 24.3 Å². The Morgan fingerprint density at radius 3 is 2.65 bits per heavy atom. The van der Waals surface area contributed by atoms with Crippen LogP contribution in [0.4, 0.5) is 19.1 Å². The molecule has 7 nitrogen and oxygen atoms in total. The number of benzene rings is 1. The van der Waals surface area contributed by atoms with E-state index in [2.05, 4.69) is 20.4 Å². The van der Waals surface area contributed by atoms with Crippen molar-refractivity contribution in [2.75, 3.05) is 5.32 Å². The highest BCUT2D eigenvalue weighted by atomic mass is 35.5. The van der Waals surface area contributed by atoms with Crippen LogP contribution in [-0.2, 0) is 12.8 Å². The van der Waals surface area contributed by atoms with Crippen LogP contribution in [0.3, 0.4) is 0 Å². The maximum atomic E-state index is 12.4. The maximum absolute atomic E-state index is 12.4. The highest BCUT2D eigenvalue weighted by Gasteiger charge is 2.35. The molecule has 12 heteroatoms. The van der Waals surface area contributed by atoms with Crippen molar-refractivity contribution in [2.24, 2.45) is 0 Å². The van der Waals surface area contributed by atoms with Gasteiger partial charge in [-0.3, -0.25) is 15.2 Å². The summed E-state index contributed by atoms with van der Waals surface area (Å²) in [5, 5.41) is 9.67. The number of rotatable bonds is 5. The van der Waals surface area contributed by atoms with Crippen molar-refractivity contribution in [1.29, 1.82) is 0 Å². The first-order valence-electron chi connectivity index (χ1n) is 6.95. The van der Waals surface area contributed by atoms with E-state index in [0.29, 0.717) is 15.8 Å². The summed E-state index contributed by atoms with van der Waals surface area (Å²) in [7, 11) is 0. The molecule has 3 rings (SSSR count). The van der Waals surface area contributed by atoms with Gasteiger partial charge in [0.1, 0.15) is 23.1 Å². The number of thiazole rings is 1. The van der Waals surface area contributed by atoms with E-state index < -0.39 is 23.9 Å². The predicted octanol–water partition coefficient (Wildman–Crippen LogP) is 3.76. The first-order valence-corrected chi connectivity index (χ1v) is 8.21. The normalized spacial score (nSPS) is 11.4. The Morgan fingerprint density at radius 2 is 2.00 bits per heavy atom. The van der Waals surface area contributed by atoms with Crippen molar-refractivity contribution in [3.05, 3.63) is 51.2 Å². The third kappa shape index (κ3) is 4.49. The van der Waals surface area contributed by atoms with Gasteiger partial charge < -0.3 is 4.74 Å². The molecule has 0 bridgehead atoms. The largest absolute Gasteiger partial charge is 0.486 e. The molecule has 0 aliphatic rings. The fraction of sp³-hybridized carbons (Fsp3) is 0.143. The maximum Gasteiger partial charge on any atom is 0.451 e. The molecule has 2 N–H and O–H groups in total. The molecule has 0 spiro atoms. The van der Waals surface area contributed by atoms with Gasteiger partial charge in [-0.1, -0.05) is 11.6 Å². The topological polar surface area (TPSA) is 92.8 Å². The van der Waals surface area contributed by atoms with E-state index in [1.165, 1.54) is 16.7 Å². The molecule has 2 aromatic heterocycles. The number of aromatic nitrogens is 4. The number of nitrogens with one attached hydrogen (secondary N) is 2. The van der Waals surface area contributed by atoms with E-state index in [9.17, 15) is 18.0 Å². The molecule has 2 heterocycles. The second kappa shape index (κ2) is 7.30. The van der Waals surface area contributed by atoms with Crippen LogP contribution in [0.1, 0.15) is 21.3 Å². The van der Waals surface area contributed by atoms with Crippen LogP contribution in [0.5, 0.6) is 5.75 Å². The lowest BCUT2D eigenvalue weighted by Crippen LogP contribution is -2.14. The van der Waals surface area contributed by atoms with E-state index in [-0.39, 0.29) is 12.3 Å². The lowest BCUT2D eigenvalue weighted by molar-refractivity contribution is -0.144. The predicted molar refractivity (Wildman–Crippen MR) is 87.2 cm³/mol. The molecule has 26 heavy (non-hydrogen) atoms. The second-order valence-corrected chi connectivity index (χ2v) is 6.21. The molecular formula is C14H9ClF3N5O2S. The van der Waals surface area contributed by atoms with Crippen LogP contribution in [-0.4, -0.2) is 26.1 Å². The van der Waals surface area contributed by atoms with Crippen molar-refractivity contribution in [2.45, 2.75) is 12.8 Å². The molecule has 0 atom stereocenters. The summed E-state index contributed by atoms with van der Waals surface area (Å²) in [6, 6.07) is 6.71. The number of amides is 1. The monoisotopic (exact) mass is 403 g/mol. The van der Waals surface area contributed by atoms with Gasteiger partial charge in [0, 0.05) is 10.4 Å². The van der Waals surface area contributed by atoms with Crippen LogP contribution in [0.2, 0.25) is 5.02 Å². The number of carbonyl (C=O) groups is 1. The molecule has 136 valence electrons. The highest BCUT2D eigenvalue weighted by Crippen LogP contribution is 2.26. The third-order valence-electron chi connectivity index (χ3n) is 2.94. The van der Waals surface area contributed by atoms with Crippen molar-refractivity contribution in [3.8, 4) is 5.75 Å². The quantitative estimate of drug-likeness (QED) is 0.676. The molecule has 0 unspecified atom stereocenters. The van der Waals surface area contributed by atoms with Gasteiger partial charge in [0.2, 0.25) is 11.8 Å². The van der Waals surface area contributed by atoms with Crippen LogP contribution < -0.4 is 10.1 Å². The third-order valence-corrected chi connectivity index (χ3v) is 4.01. The minimum absolute atomic E-state index is 0.0167. The van der Waals surface area contributed by atoms with Crippen molar-refractivity contribution in [1.82, 2.24) is 20.2 Å². The number of anilines is 1. The van der Waals surface area contributed by atoms with Crippen molar-refractivity contribution >= 4 is 34.8 Å². The van der Waals surface area contributed by atoms with E-state index in [4.69, 9.17) is 16.3 Å². The SMILES string of the molecule is O=C(Nc1n[nH]c(C(F)(F)F)n1)c1csc(COc2ccc(Cl)cc2)n1. The molecule has 0 saturated carbocycles. The summed E-state index contributed by atoms with van der Waals surface area (Å²) in [5.41, 5.74) is 0.0167. The lowest BCUT2D eigenvalue weighted by Gasteiger charge is -2.03. The van der Waals surface area contributed by atoms with Crippen molar-refractivity contribution < 1.29 is 22.7 Å². The average molecular weight is 404 g/mol. The van der Waals surface area contributed by atoms with Gasteiger partial charge in [0.25, 0.3) is 5.91 Å². The number of H-pyrrole nitrogens is 1. The molecule has 1 aromatic carbocycles. The summed E-state index contributed by atoms with van der Waals surface area (Å²) in [6.45, 7) is 0.123. The first-order chi connectivity index (χ1) is 12.3. The first kappa shape index (κ1) is 18.1. The van der Waals surface area contributed by atoms with Gasteiger partial charge in [-0.25, -0.2) is 4.98 Å². The Bertz CT molecular complexity index is 910. The number of alkyl halides is 3. The lowest BCUT2D eigenvalue weighted by atomic mass is 10.3. The smallest absolute Gasteiger partial charge is 0.451 e. The standard InChI is InChI=1S/C14H9ClF3N5O2S/c15-7-1-3-8(4-2-7)25-5-10-19-9(6-26-10)11(24)20-13-21-12(22-23-13)14(16,17)18/h1-4,6H,5H2,(H2,20,21,22,23,24). The molecular weight excluding hydrogens is 395 g/mol. The minimum atomic E-state index is -4.68. The minimum Gasteiger partial charge on any atom is -0.486 e. The highest BCUT2D eigenvalue weighted by molar-refractivity contribution is 7.09. The number of hydrogen-bond donors (Lipinski definition) is 2. The molecule has 0 aliphatic heterocycles. The zero-order chi connectivity index (χ0) is 18.7. The van der Waals surface area contributed by atoms with E-state index >= 15 is 0 Å². The zero-order valence-corrected chi connectivity index (χ0v) is 14.2. The van der Waals surface area contributed by atoms with E-state index in [1.807, 2.05) is 0 Å². The number of nitrogens with zero attached hydrogens (tertiary/aromatic N) is 3. The van der Waals surface area contributed by atoms with E-state index in [1.54, 1.807) is 29.4 Å². The molecule has 1 amide bonds. The zero-order valence-electron chi connectivity index (χ0n) is 12.7. The molecule has 0 fully saturated rings. The number of ether oxygens (including phenoxy) is 1. The van der Waals surface area contributed by atoms with Gasteiger partial charge >= 0.3 is 6.18 Å². The van der Waals surface area contributed by atoms with E-state index in [0.717, 1.165) is 0 Å². The van der Waals surface area contributed by atoms with Gasteiger partial charge in [0.15, 0.2) is 0 Å². The van der Waals surface area contributed by atoms with Crippen LogP contribution in [0, 0.1) is 0 Å². The molecule has 0 saturated heterocycles. The number of carbonyl (C=O) groups excluding carboxylic acids is 1. The van der Waals surface area contributed by atoms with Gasteiger partial charge in [-0.2, -0.15) is 18.2 Å². The van der Waals surface area contributed by atoms with Gasteiger partial charge in [0.05, 0.1) is 0 Å². The van der Waals surface area contributed by atoms with Crippen LogP contribution >= 0.6 is 22.9 Å². The average Bonchev–Trinajstić information content (AvgIpc) is 3.23. The number of halogens is 4. The second-order valence-electron chi connectivity index (χ2n) is 4.83. The van der Waals surface area contributed by atoms with Crippen molar-refractivity contribution in [3.63, 3.8) is 0 Å². The number of aromatic amines is 1. The van der Waals surface area contributed by atoms with Gasteiger partial charge in [-0.15, -0.1) is 16.4 Å². The van der Waals surface area contributed by atoms with Crippen LogP contribution in [0.15, 0.2) is 29.6 Å². The summed E-state index contributed by atoms with van der Waals surface area (Å²) in [4.78, 5) is 19.2. The summed E-state index contributed by atoms with van der Waals surface area (Å²) in [6.07, 6.45) is -4.68. The summed E-state index contributed by atoms with van der Waals surface area (Å²) >= 11 is 6.94. The molecule has 3 aromatic rings. The Balaban J connectivity index is 1.59. The fourth-order valence-electron chi connectivity index (χ4n) is 1.77. The summed E-state index contributed by atoms with van der Waals surface area (Å²) < 4.78 is 42.8. The fourth-order valence-corrected chi connectivity index (χ4v) is 2.58. The van der Waals surface area contributed by atoms with Crippen LogP contribution in [0.25, 0.3) is 0 Å². The Labute approximate surface area is 153 Å². The molecule has 0 radical (unpaired) electrons. The Morgan fingerprint density at radius 1 is 1.27 bits per heavy atom. The Kier molecular flexibility index (Phi) is 5.09. The number of hydrogen-bond acceptors (Lipinski definition) is 6. The summed E-state index contributed by atoms with van der Waals surface area (Å²) in [5.74, 6) is -1.94. The molecule has 0 aliphatic carbocycles. The Hall–Kier alpha value is -2.66.